The Hall–Kier alpha value is -0.890. The lowest BCUT2D eigenvalue weighted by atomic mass is 10.4. The molecule has 18 heavy (non-hydrogen) atoms. The maximum absolute atomic E-state index is 11.9. The Bertz CT molecular complexity index is 480. The summed E-state index contributed by atoms with van der Waals surface area (Å²) in [5, 5.41) is 9.03. The van der Waals surface area contributed by atoms with Gasteiger partial charge in [0.15, 0.2) is 0 Å². The van der Waals surface area contributed by atoms with Gasteiger partial charge in [-0.15, -0.1) is 0 Å². The van der Waals surface area contributed by atoms with Gasteiger partial charge in [0.2, 0.25) is 10.0 Å². The van der Waals surface area contributed by atoms with Crippen molar-refractivity contribution < 1.29 is 13.5 Å². The molecule has 6 nitrogen and oxygen atoms in total. The van der Waals surface area contributed by atoms with Crippen molar-refractivity contribution in [2.75, 3.05) is 27.2 Å². The molecular formula is C11H21N3O3S. The fourth-order valence-corrected chi connectivity index (χ4v) is 2.73. The summed E-state index contributed by atoms with van der Waals surface area (Å²) < 4.78 is 28.0. The standard InChI is InChI=1S/C11H21N3O3S/c1-13(2)6-4-5-12-18(16,17)11-7-10(9-15)14(3)8-11/h7-8,12,15H,4-6,9H2,1-3H3. The van der Waals surface area contributed by atoms with Crippen LogP contribution in [0, 0.1) is 0 Å². The van der Waals surface area contributed by atoms with Crippen LogP contribution in [0.1, 0.15) is 12.1 Å². The van der Waals surface area contributed by atoms with Crippen molar-refractivity contribution in [1.29, 1.82) is 0 Å². The lowest BCUT2D eigenvalue weighted by molar-refractivity contribution is 0.272. The predicted octanol–water partition coefficient (Wildman–Crippen LogP) is -0.253. The van der Waals surface area contributed by atoms with Gasteiger partial charge in [0.25, 0.3) is 0 Å². The van der Waals surface area contributed by atoms with Crippen molar-refractivity contribution in [3.63, 3.8) is 0 Å². The summed E-state index contributed by atoms with van der Waals surface area (Å²) in [6.45, 7) is 1.07. The molecule has 0 unspecified atom stereocenters. The Labute approximate surface area is 108 Å². The van der Waals surface area contributed by atoms with Gasteiger partial charge in [-0.05, 0) is 33.1 Å². The first-order valence-electron chi connectivity index (χ1n) is 5.77. The van der Waals surface area contributed by atoms with Crippen LogP contribution in [0.3, 0.4) is 0 Å². The van der Waals surface area contributed by atoms with E-state index in [2.05, 4.69) is 4.72 Å². The van der Waals surface area contributed by atoms with Gasteiger partial charge in [0.05, 0.1) is 11.5 Å². The van der Waals surface area contributed by atoms with Crippen molar-refractivity contribution in [2.45, 2.75) is 17.9 Å². The third-order valence-corrected chi connectivity index (χ3v) is 4.06. The van der Waals surface area contributed by atoms with Gasteiger partial charge in [-0.2, -0.15) is 0 Å². The summed E-state index contributed by atoms with van der Waals surface area (Å²) in [4.78, 5) is 2.19. The molecule has 0 saturated carbocycles. The summed E-state index contributed by atoms with van der Waals surface area (Å²) in [6, 6.07) is 1.48. The van der Waals surface area contributed by atoms with E-state index in [1.54, 1.807) is 11.6 Å². The molecule has 0 amide bonds. The van der Waals surface area contributed by atoms with Crippen LogP contribution in [0.25, 0.3) is 0 Å². The van der Waals surface area contributed by atoms with Crippen LogP contribution in [-0.2, 0) is 23.7 Å². The van der Waals surface area contributed by atoms with Crippen molar-refractivity contribution in [3.8, 4) is 0 Å². The van der Waals surface area contributed by atoms with Crippen molar-refractivity contribution in [3.05, 3.63) is 18.0 Å². The minimum absolute atomic E-state index is 0.174. The molecule has 0 radical (unpaired) electrons. The highest BCUT2D eigenvalue weighted by Crippen LogP contribution is 2.13. The molecule has 7 heteroatoms. The highest BCUT2D eigenvalue weighted by atomic mass is 32.2. The van der Waals surface area contributed by atoms with Crippen LogP contribution >= 0.6 is 0 Å². The van der Waals surface area contributed by atoms with E-state index in [9.17, 15) is 8.42 Å². The summed E-state index contributed by atoms with van der Waals surface area (Å²) in [5.74, 6) is 0. The summed E-state index contributed by atoms with van der Waals surface area (Å²) >= 11 is 0. The molecular weight excluding hydrogens is 254 g/mol. The van der Waals surface area contributed by atoms with E-state index in [0.29, 0.717) is 12.2 Å². The van der Waals surface area contributed by atoms with Gasteiger partial charge in [0.1, 0.15) is 0 Å². The zero-order chi connectivity index (χ0) is 13.8. The smallest absolute Gasteiger partial charge is 0.242 e. The van der Waals surface area contributed by atoms with Crippen molar-refractivity contribution >= 4 is 10.0 Å². The van der Waals surface area contributed by atoms with E-state index in [1.807, 2.05) is 19.0 Å². The lowest BCUT2D eigenvalue weighted by Crippen LogP contribution is -2.27. The molecule has 2 N–H and O–H groups in total. The van der Waals surface area contributed by atoms with E-state index in [-0.39, 0.29) is 11.5 Å². The van der Waals surface area contributed by atoms with Gasteiger partial charge in [0, 0.05) is 25.5 Å². The normalized spacial score (nSPS) is 12.3. The minimum atomic E-state index is -3.47. The van der Waals surface area contributed by atoms with Crippen LogP contribution in [0.2, 0.25) is 0 Å². The molecule has 0 aliphatic rings. The number of aromatic nitrogens is 1. The molecule has 104 valence electrons. The molecule has 1 aromatic rings. The van der Waals surface area contributed by atoms with Crippen LogP contribution in [0.5, 0.6) is 0 Å². The average molecular weight is 275 g/mol. The molecule has 0 aromatic carbocycles. The highest BCUT2D eigenvalue weighted by molar-refractivity contribution is 7.89. The first-order chi connectivity index (χ1) is 8.36. The second-order valence-corrected chi connectivity index (χ2v) is 6.26. The quantitative estimate of drug-likeness (QED) is 0.673. The van der Waals surface area contributed by atoms with Gasteiger partial charge in [-0.1, -0.05) is 0 Å². The van der Waals surface area contributed by atoms with Gasteiger partial charge >= 0.3 is 0 Å². The monoisotopic (exact) mass is 275 g/mol. The lowest BCUT2D eigenvalue weighted by Gasteiger charge is -2.09. The maximum atomic E-state index is 11.9. The number of aryl methyl sites for hydroxylation is 1. The first kappa shape index (κ1) is 15.2. The fourth-order valence-electron chi connectivity index (χ4n) is 1.57. The molecule has 0 atom stereocenters. The van der Waals surface area contributed by atoms with E-state index in [4.69, 9.17) is 5.11 Å². The zero-order valence-corrected chi connectivity index (χ0v) is 11.9. The first-order valence-corrected chi connectivity index (χ1v) is 7.25. The Morgan fingerprint density at radius 1 is 1.44 bits per heavy atom. The summed E-state index contributed by atoms with van der Waals surface area (Å²) in [5.41, 5.74) is 0.573. The van der Waals surface area contributed by atoms with Gasteiger partial charge < -0.3 is 14.6 Å². The maximum Gasteiger partial charge on any atom is 0.242 e. The molecule has 1 rings (SSSR count). The van der Waals surface area contributed by atoms with E-state index in [1.165, 1.54) is 12.3 Å². The third kappa shape index (κ3) is 4.09. The second-order valence-electron chi connectivity index (χ2n) is 4.49. The molecule has 0 fully saturated rings. The number of nitrogens with one attached hydrogen (secondary N) is 1. The fraction of sp³-hybridized carbons (Fsp3) is 0.636. The van der Waals surface area contributed by atoms with Crippen LogP contribution in [-0.4, -0.2) is 50.2 Å². The molecule has 0 bridgehead atoms. The number of aliphatic hydroxyl groups excluding tert-OH is 1. The Morgan fingerprint density at radius 3 is 2.61 bits per heavy atom. The van der Waals surface area contributed by atoms with E-state index in [0.717, 1.165) is 13.0 Å². The van der Waals surface area contributed by atoms with Crippen molar-refractivity contribution in [2.24, 2.45) is 7.05 Å². The Balaban J connectivity index is 2.62. The van der Waals surface area contributed by atoms with E-state index >= 15 is 0 Å². The topological polar surface area (TPSA) is 74.6 Å². The summed E-state index contributed by atoms with van der Waals surface area (Å²) in [6.07, 6.45) is 2.26. The molecule has 1 heterocycles. The van der Waals surface area contributed by atoms with Crippen molar-refractivity contribution in [1.82, 2.24) is 14.2 Å². The van der Waals surface area contributed by atoms with Crippen LogP contribution < -0.4 is 4.72 Å². The number of aliphatic hydroxyl groups is 1. The molecule has 1 aromatic heterocycles. The summed E-state index contributed by atoms with van der Waals surface area (Å²) in [7, 11) is 2.12. The minimum Gasteiger partial charge on any atom is -0.390 e. The third-order valence-electron chi connectivity index (χ3n) is 2.63. The molecule has 0 saturated heterocycles. The Morgan fingerprint density at radius 2 is 2.11 bits per heavy atom. The second kappa shape index (κ2) is 6.33. The van der Waals surface area contributed by atoms with E-state index < -0.39 is 10.0 Å². The van der Waals surface area contributed by atoms with Gasteiger partial charge in [-0.25, -0.2) is 13.1 Å². The number of nitrogens with zero attached hydrogens (tertiary/aromatic N) is 2. The zero-order valence-electron chi connectivity index (χ0n) is 11.0. The van der Waals surface area contributed by atoms with Gasteiger partial charge in [-0.3, -0.25) is 0 Å². The number of hydrogen-bond acceptors (Lipinski definition) is 4. The average Bonchev–Trinajstić information content (AvgIpc) is 2.66. The largest absolute Gasteiger partial charge is 0.390 e. The predicted molar refractivity (Wildman–Crippen MR) is 69.7 cm³/mol. The number of hydrogen-bond donors (Lipinski definition) is 2. The number of sulfonamides is 1. The molecule has 0 spiro atoms. The number of rotatable bonds is 7. The molecule has 0 aliphatic carbocycles. The van der Waals surface area contributed by atoms with Crippen LogP contribution in [0.15, 0.2) is 17.2 Å². The highest BCUT2D eigenvalue weighted by Gasteiger charge is 2.16. The Kier molecular flexibility index (Phi) is 5.33. The van der Waals surface area contributed by atoms with Crippen LogP contribution in [0.4, 0.5) is 0 Å². The SMILES string of the molecule is CN(C)CCCNS(=O)(=O)c1cc(CO)n(C)c1. The molecule has 0 aliphatic heterocycles.